The molecule has 0 saturated heterocycles. The quantitative estimate of drug-likeness (QED) is 0.576. The van der Waals surface area contributed by atoms with Crippen LogP contribution in [0.15, 0.2) is 47.1 Å². The third-order valence-electron chi connectivity index (χ3n) is 3.44. The topological polar surface area (TPSA) is 46.3 Å². The van der Waals surface area contributed by atoms with Crippen molar-refractivity contribution in [2.24, 2.45) is 0 Å². The maximum atomic E-state index is 12.8. The van der Waals surface area contributed by atoms with Crippen LogP contribution in [0.3, 0.4) is 0 Å². The summed E-state index contributed by atoms with van der Waals surface area (Å²) in [4.78, 5) is 17.5. The van der Waals surface area contributed by atoms with Crippen LogP contribution in [-0.2, 0) is 17.1 Å². The molecule has 0 atom stereocenters. The molecule has 0 spiro atoms. The molecular formula is C17H15F3N2O2S2. The number of halogens is 3. The van der Waals surface area contributed by atoms with E-state index in [1.165, 1.54) is 29.4 Å². The summed E-state index contributed by atoms with van der Waals surface area (Å²) in [5.74, 6) is 0.168. The molecule has 26 heavy (non-hydrogen) atoms. The van der Waals surface area contributed by atoms with Gasteiger partial charge in [-0.3, -0.25) is 4.79 Å². The molecule has 0 fully saturated rings. The number of aromatic nitrogens is 1. The van der Waals surface area contributed by atoms with E-state index in [0.29, 0.717) is 11.5 Å². The standard InChI is InChI=1S/C17H15F3N2O2S2/c18-17(19,20)11-22(8-12-4-3-7-24-12)16(23)10-25-9-15-21-13-5-1-2-6-14(13)26-15/h1-7H,8-11H2. The molecule has 0 unspecified atom stereocenters. The Labute approximate surface area is 156 Å². The number of hydrogen-bond donors (Lipinski definition) is 0. The van der Waals surface area contributed by atoms with E-state index in [2.05, 4.69) is 4.98 Å². The van der Waals surface area contributed by atoms with Gasteiger partial charge in [0.25, 0.3) is 0 Å². The Morgan fingerprint density at radius 1 is 1.23 bits per heavy atom. The van der Waals surface area contributed by atoms with Gasteiger partial charge in [-0.05, 0) is 24.3 Å². The molecule has 0 aliphatic heterocycles. The van der Waals surface area contributed by atoms with E-state index in [9.17, 15) is 18.0 Å². The summed E-state index contributed by atoms with van der Waals surface area (Å²) in [6.07, 6.45) is -3.09. The maximum Gasteiger partial charge on any atom is 0.406 e. The number of fused-ring (bicyclic) bond motifs is 1. The van der Waals surface area contributed by atoms with Crippen LogP contribution in [0.2, 0.25) is 0 Å². The van der Waals surface area contributed by atoms with E-state index >= 15 is 0 Å². The summed E-state index contributed by atoms with van der Waals surface area (Å²) in [5, 5.41) is 0.845. The molecule has 0 aliphatic carbocycles. The highest BCUT2D eigenvalue weighted by molar-refractivity contribution is 7.99. The van der Waals surface area contributed by atoms with E-state index in [4.69, 9.17) is 4.42 Å². The first-order chi connectivity index (χ1) is 12.4. The lowest BCUT2D eigenvalue weighted by molar-refractivity contribution is -0.161. The summed E-state index contributed by atoms with van der Waals surface area (Å²) in [7, 11) is 0. The van der Waals surface area contributed by atoms with Gasteiger partial charge < -0.3 is 9.32 Å². The van der Waals surface area contributed by atoms with Gasteiger partial charge >= 0.3 is 6.18 Å². The first-order valence-corrected chi connectivity index (χ1v) is 9.67. The van der Waals surface area contributed by atoms with Crippen LogP contribution >= 0.6 is 23.1 Å². The van der Waals surface area contributed by atoms with Crippen LogP contribution in [0.5, 0.6) is 0 Å². The molecule has 0 N–H and O–H groups in total. The maximum absolute atomic E-state index is 12.8. The zero-order valence-corrected chi connectivity index (χ0v) is 15.2. The summed E-state index contributed by atoms with van der Waals surface area (Å²) in [6.45, 7) is -1.50. The van der Waals surface area contributed by atoms with Gasteiger partial charge in [-0.1, -0.05) is 12.1 Å². The Balaban J connectivity index is 1.57. The monoisotopic (exact) mass is 400 g/mol. The first kappa shape index (κ1) is 18.8. The molecule has 4 nitrogen and oxygen atoms in total. The Kier molecular flexibility index (Phi) is 5.87. The number of para-hydroxylation sites is 1. The summed E-state index contributed by atoms with van der Waals surface area (Å²) < 4.78 is 44.4. The Morgan fingerprint density at radius 3 is 2.73 bits per heavy atom. The van der Waals surface area contributed by atoms with Crippen molar-refractivity contribution < 1.29 is 22.4 Å². The molecule has 3 aromatic rings. The molecule has 3 rings (SSSR count). The molecule has 1 amide bonds. The summed E-state index contributed by atoms with van der Waals surface area (Å²) in [6, 6.07) is 10.8. The van der Waals surface area contributed by atoms with E-state index in [1.807, 2.05) is 24.3 Å². The number of rotatable bonds is 7. The van der Waals surface area contributed by atoms with Crippen molar-refractivity contribution in [1.29, 1.82) is 0 Å². The second-order valence-electron chi connectivity index (χ2n) is 5.51. The molecule has 0 radical (unpaired) electrons. The fourth-order valence-corrected chi connectivity index (χ4v) is 4.28. The fraction of sp³-hybridized carbons (Fsp3) is 0.294. The van der Waals surface area contributed by atoms with Crippen molar-refractivity contribution in [2.45, 2.75) is 18.5 Å². The normalized spacial score (nSPS) is 11.8. The van der Waals surface area contributed by atoms with Gasteiger partial charge in [0.15, 0.2) is 0 Å². The number of alkyl halides is 3. The van der Waals surface area contributed by atoms with Crippen molar-refractivity contribution in [3.05, 3.63) is 53.4 Å². The molecule has 1 aromatic carbocycles. The first-order valence-electron chi connectivity index (χ1n) is 7.70. The number of thioether (sulfide) groups is 1. The average Bonchev–Trinajstić information content (AvgIpc) is 3.21. The summed E-state index contributed by atoms with van der Waals surface area (Å²) >= 11 is 2.77. The van der Waals surface area contributed by atoms with Crippen LogP contribution in [0.4, 0.5) is 13.2 Å². The lowest BCUT2D eigenvalue weighted by Crippen LogP contribution is -2.39. The number of amides is 1. The predicted molar refractivity (Wildman–Crippen MR) is 96.0 cm³/mol. The van der Waals surface area contributed by atoms with Gasteiger partial charge in [0.2, 0.25) is 5.91 Å². The number of carbonyl (C=O) groups is 1. The van der Waals surface area contributed by atoms with Crippen LogP contribution in [-0.4, -0.2) is 34.3 Å². The minimum Gasteiger partial charge on any atom is -0.467 e. The van der Waals surface area contributed by atoms with Gasteiger partial charge in [-0.15, -0.1) is 23.1 Å². The Morgan fingerprint density at radius 2 is 2.04 bits per heavy atom. The van der Waals surface area contributed by atoms with Gasteiger partial charge in [0.1, 0.15) is 17.3 Å². The molecule has 9 heteroatoms. The average molecular weight is 400 g/mol. The van der Waals surface area contributed by atoms with Crippen molar-refractivity contribution in [1.82, 2.24) is 9.88 Å². The molecule has 0 aliphatic rings. The number of thiazole rings is 1. The number of carbonyl (C=O) groups excluding carboxylic acids is 1. The van der Waals surface area contributed by atoms with E-state index < -0.39 is 18.6 Å². The molecule has 2 heterocycles. The lowest BCUT2D eigenvalue weighted by Gasteiger charge is -2.22. The number of furan rings is 1. The van der Waals surface area contributed by atoms with Gasteiger partial charge in [0, 0.05) is 5.75 Å². The number of benzene rings is 1. The Hall–Kier alpha value is -2.00. The van der Waals surface area contributed by atoms with Crippen LogP contribution in [0.25, 0.3) is 10.2 Å². The third kappa shape index (κ3) is 5.25. The zero-order chi connectivity index (χ0) is 18.6. The van der Waals surface area contributed by atoms with Gasteiger partial charge in [-0.25, -0.2) is 4.98 Å². The highest BCUT2D eigenvalue weighted by Crippen LogP contribution is 2.25. The third-order valence-corrected chi connectivity index (χ3v) is 5.59. The zero-order valence-electron chi connectivity index (χ0n) is 13.5. The van der Waals surface area contributed by atoms with Crippen molar-refractivity contribution in [3.63, 3.8) is 0 Å². The van der Waals surface area contributed by atoms with E-state index in [-0.39, 0.29) is 12.3 Å². The van der Waals surface area contributed by atoms with Crippen LogP contribution in [0, 0.1) is 0 Å². The molecular weight excluding hydrogens is 385 g/mol. The lowest BCUT2D eigenvalue weighted by atomic mass is 10.3. The van der Waals surface area contributed by atoms with Crippen molar-refractivity contribution >= 4 is 39.2 Å². The predicted octanol–water partition coefficient (Wildman–Crippen LogP) is 4.71. The minimum atomic E-state index is -4.46. The number of hydrogen-bond acceptors (Lipinski definition) is 5. The fourth-order valence-electron chi connectivity index (χ4n) is 2.34. The summed E-state index contributed by atoms with van der Waals surface area (Å²) in [5.41, 5.74) is 0.885. The highest BCUT2D eigenvalue weighted by Gasteiger charge is 2.33. The highest BCUT2D eigenvalue weighted by atomic mass is 32.2. The van der Waals surface area contributed by atoms with E-state index in [0.717, 1.165) is 20.1 Å². The molecule has 0 saturated carbocycles. The molecule has 2 aromatic heterocycles. The minimum absolute atomic E-state index is 0.0489. The van der Waals surface area contributed by atoms with Crippen molar-refractivity contribution in [2.75, 3.05) is 12.3 Å². The second kappa shape index (κ2) is 8.13. The van der Waals surface area contributed by atoms with Crippen LogP contribution < -0.4 is 0 Å². The second-order valence-corrected chi connectivity index (χ2v) is 7.61. The van der Waals surface area contributed by atoms with Crippen molar-refractivity contribution in [3.8, 4) is 0 Å². The molecule has 0 bridgehead atoms. The SMILES string of the molecule is O=C(CSCc1nc2ccccc2s1)N(Cc1ccco1)CC(F)(F)F. The van der Waals surface area contributed by atoms with Crippen LogP contribution in [0.1, 0.15) is 10.8 Å². The number of nitrogens with zero attached hydrogens (tertiary/aromatic N) is 2. The molecule has 138 valence electrons. The largest absolute Gasteiger partial charge is 0.467 e. The van der Waals surface area contributed by atoms with E-state index in [1.54, 1.807) is 12.1 Å². The van der Waals surface area contributed by atoms with Gasteiger partial charge in [0.05, 0.1) is 28.8 Å². The van der Waals surface area contributed by atoms with Gasteiger partial charge in [-0.2, -0.15) is 13.2 Å². The Bertz CT molecular complexity index is 829. The smallest absolute Gasteiger partial charge is 0.406 e.